The molecule has 0 radical (unpaired) electrons. The molecule has 0 aliphatic rings. The normalized spacial score (nSPS) is 10.2. The fraction of sp³-hybridized carbons (Fsp3) is 0.389. The summed E-state index contributed by atoms with van der Waals surface area (Å²) in [5.74, 6) is 0.107. The van der Waals surface area contributed by atoms with Crippen LogP contribution in [0.2, 0.25) is 0 Å². The lowest BCUT2D eigenvalue weighted by Crippen LogP contribution is -2.04. The number of esters is 1. The van der Waals surface area contributed by atoms with Crippen molar-refractivity contribution in [1.82, 2.24) is 9.55 Å². The van der Waals surface area contributed by atoms with Crippen molar-refractivity contribution in [3.8, 4) is 17.5 Å². The van der Waals surface area contributed by atoms with Gasteiger partial charge in [0, 0.05) is 11.9 Å². The van der Waals surface area contributed by atoms with Crippen LogP contribution >= 0.6 is 0 Å². The third-order valence-electron chi connectivity index (χ3n) is 3.45. The summed E-state index contributed by atoms with van der Waals surface area (Å²) in [7, 11) is 0. The van der Waals surface area contributed by atoms with Gasteiger partial charge in [0.15, 0.2) is 5.69 Å². The summed E-state index contributed by atoms with van der Waals surface area (Å²) in [5, 5.41) is 9.33. The van der Waals surface area contributed by atoms with Crippen LogP contribution in [-0.4, -0.2) is 28.7 Å². The molecule has 0 spiro atoms. The van der Waals surface area contributed by atoms with Crippen LogP contribution in [0.5, 0.6) is 5.75 Å². The lowest BCUT2D eigenvalue weighted by atomic mass is 10.2. The second-order valence-electron chi connectivity index (χ2n) is 5.23. The van der Waals surface area contributed by atoms with Gasteiger partial charge in [0.2, 0.25) is 0 Å². The molecule has 0 bridgehead atoms. The fourth-order valence-electron chi connectivity index (χ4n) is 2.20. The van der Waals surface area contributed by atoms with Crippen molar-refractivity contribution in [2.24, 2.45) is 0 Å². The van der Waals surface area contributed by atoms with Crippen molar-refractivity contribution < 1.29 is 14.3 Å². The molecule has 24 heavy (non-hydrogen) atoms. The minimum Gasteiger partial charge on any atom is -0.492 e. The van der Waals surface area contributed by atoms with Crippen molar-refractivity contribution in [1.29, 1.82) is 5.26 Å². The Morgan fingerprint density at radius 1 is 1.33 bits per heavy atom. The van der Waals surface area contributed by atoms with Crippen molar-refractivity contribution in [2.45, 2.75) is 33.1 Å². The number of benzene rings is 1. The number of unbranched alkanes of at least 4 members (excludes halogenated alkanes) is 2. The van der Waals surface area contributed by atoms with Crippen molar-refractivity contribution in [3.63, 3.8) is 0 Å². The molecule has 6 heteroatoms. The zero-order valence-corrected chi connectivity index (χ0v) is 14.0. The molecule has 0 N–H and O–H groups in total. The quantitative estimate of drug-likeness (QED) is 0.548. The molecule has 1 heterocycles. The van der Waals surface area contributed by atoms with Gasteiger partial charge in [0.05, 0.1) is 18.8 Å². The highest BCUT2D eigenvalue weighted by Gasteiger charge is 2.12. The number of rotatable bonds is 8. The zero-order valence-electron chi connectivity index (χ0n) is 14.0. The Morgan fingerprint density at radius 3 is 2.88 bits per heavy atom. The number of ether oxygens (including phenoxy) is 2. The largest absolute Gasteiger partial charge is 0.492 e. The molecule has 6 nitrogen and oxygen atoms in total. The predicted octanol–water partition coefficient (Wildman–Crippen LogP) is 3.49. The van der Waals surface area contributed by atoms with E-state index >= 15 is 0 Å². The summed E-state index contributed by atoms with van der Waals surface area (Å²) in [4.78, 5) is 15.7. The molecule has 0 amide bonds. The first-order valence-electron chi connectivity index (χ1n) is 8.08. The van der Waals surface area contributed by atoms with Crippen LogP contribution in [0.25, 0.3) is 5.69 Å². The molecular formula is C18H21N3O3. The van der Waals surface area contributed by atoms with Crippen LogP contribution < -0.4 is 4.74 Å². The van der Waals surface area contributed by atoms with E-state index in [2.05, 4.69) is 18.0 Å². The molecule has 0 atom stereocenters. The van der Waals surface area contributed by atoms with E-state index in [1.807, 2.05) is 6.07 Å². The van der Waals surface area contributed by atoms with Crippen LogP contribution in [0.15, 0.2) is 30.7 Å². The van der Waals surface area contributed by atoms with E-state index in [0.29, 0.717) is 24.5 Å². The summed E-state index contributed by atoms with van der Waals surface area (Å²) in [5.41, 5.74) is 1.42. The van der Waals surface area contributed by atoms with E-state index in [1.165, 1.54) is 6.33 Å². The van der Waals surface area contributed by atoms with Crippen molar-refractivity contribution in [2.75, 3.05) is 13.2 Å². The van der Waals surface area contributed by atoms with Crippen LogP contribution in [0.1, 0.15) is 49.2 Å². The number of hydrogen-bond acceptors (Lipinski definition) is 5. The highest BCUT2D eigenvalue weighted by Crippen LogP contribution is 2.22. The first-order chi connectivity index (χ1) is 11.7. The van der Waals surface area contributed by atoms with Crippen LogP contribution in [0.4, 0.5) is 0 Å². The Bertz CT molecular complexity index is 731. The third kappa shape index (κ3) is 4.35. The monoisotopic (exact) mass is 327 g/mol. The van der Waals surface area contributed by atoms with E-state index in [1.54, 1.807) is 29.8 Å². The first-order valence-corrected chi connectivity index (χ1v) is 8.08. The summed E-state index contributed by atoms with van der Waals surface area (Å²) >= 11 is 0. The van der Waals surface area contributed by atoms with Gasteiger partial charge < -0.3 is 14.0 Å². The molecule has 126 valence electrons. The number of imidazole rings is 1. The maximum absolute atomic E-state index is 11.7. The third-order valence-corrected chi connectivity index (χ3v) is 3.45. The average molecular weight is 327 g/mol. The summed E-state index contributed by atoms with van der Waals surface area (Å²) in [6.07, 6.45) is 6.29. The minimum absolute atomic E-state index is 0.232. The minimum atomic E-state index is -0.465. The van der Waals surface area contributed by atoms with Gasteiger partial charge in [0.25, 0.3) is 0 Å². The van der Waals surface area contributed by atoms with Gasteiger partial charge in [-0.15, -0.1) is 0 Å². The van der Waals surface area contributed by atoms with E-state index in [9.17, 15) is 10.1 Å². The van der Waals surface area contributed by atoms with Gasteiger partial charge in [0.1, 0.15) is 18.1 Å². The molecule has 2 rings (SSSR count). The van der Waals surface area contributed by atoms with Gasteiger partial charge in [-0.2, -0.15) is 5.26 Å². The van der Waals surface area contributed by atoms with Crippen LogP contribution in [-0.2, 0) is 4.74 Å². The van der Waals surface area contributed by atoms with Gasteiger partial charge in [-0.1, -0.05) is 19.8 Å². The van der Waals surface area contributed by atoms with Crippen LogP contribution in [0.3, 0.4) is 0 Å². The Morgan fingerprint density at radius 2 is 2.17 bits per heavy atom. The molecule has 2 aromatic rings. The second kappa shape index (κ2) is 8.73. The number of carbonyl (C=O) groups excluding carboxylic acids is 1. The summed E-state index contributed by atoms with van der Waals surface area (Å²) in [6, 6.07) is 7.45. The van der Waals surface area contributed by atoms with Gasteiger partial charge in [-0.05, 0) is 31.5 Å². The molecule has 0 unspecified atom stereocenters. The van der Waals surface area contributed by atoms with E-state index in [-0.39, 0.29) is 5.69 Å². The second-order valence-corrected chi connectivity index (χ2v) is 5.23. The number of aromatic nitrogens is 2. The van der Waals surface area contributed by atoms with Gasteiger partial charge in [-0.3, -0.25) is 0 Å². The Hall–Kier alpha value is -2.81. The Kier molecular flexibility index (Phi) is 6.38. The number of nitriles is 1. The molecule has 1 aromatic carbocycles. The number of hydrogen-bond donors (Lipinski definition) is 0. The molecule has 0 aliphatic heterocycles. The lowest BCUT2D eigenvalue weighted by Gasteiger charge is -2.09. The van der Waals surface area contributed by atoms with Crippen molar-refractivity contribution >= 4 is 5.97 Å². The molecule has 0 aliphatic carbocycles. The maximum atomic E-state index is 11.7. The summed E-state index contributed by atoms with van der Waals surface area (Å²) < 4.78 is 12.3. The lowest BCUT2D eigenvalue weighted by molar-refractivity contribution is 0.0520. The topological polar surface area (TPSA) is 77.1 Å². The smallest absolute Gasteiger partial charge is 0.358 e. The van der Waals surface area contributed by atoms with Gasteiger partial charge in [-0.25, -0.2) is 9.78 Å². The summed E-state index contributed by atoms with van der Waals surface area (Å²) in [6.45, 7) is 4.77. The fourth-order valence-corrected chi connectivity index (χ4v) is 2.20. The maximum Gasteiger partial charge on any atom is 0.358 e. The van der Waals surface area contributed by atoms with Crippen molar-refractivity contribution in [3.05, 3.63) is 42.0 Å². The SMILES string of the molecule is CCCCCOc1ccc(-n2cnc(C(=O)OCC)c2)cc1C#N. The number of nitrogens with zero attached hydrogens (tertiary/aromatic N) is 3. The molecule has 0 saturated heterocycles. The molecule has 1 aromatic heterocycles. The molecular weight excluding hydrogens is 306 g/mol. The standard InChI is InChI=1S/C18H21N3O3/c1-3-5-6-9-24-17-8-7-15(10-14(17)11-19)21-12-16(20-13-21)18(22)23-4-2/h7-8,10,12-13H,3-6,9H2,1-2H3. The average Bonchev–Trinajstić information content (AvgIpc) is 3.09. The van der Waals surface area contributed by atoms with E-state index in [4.69, 9.17) is 9.47 Å². The Labute approximate surface area is 141 Å². The predicted molar refractivity (Wildman–Crippen MR) is 89.3 cm³/mol. The van der Waals surface area contributed by atoms with Gasteiger partial charge >= 0.3 is 5.97 Å². The highest BCUT2D eigenvalue weighted by atomic mass is 16.5. The molecule has 0 saturated carbocycles. The highest BCUT2D eigenvalue weighted by molar-refractivity contribution is 5.87. The molecule has 0 fully saturated rings. The Balaban J connectivity index is 2.14. The zero-order chi connectivity index (χ0) is 17.4. The van der Waals surface area contributed by atoms with E-state index < -0.39 is 5.97 Å². The number of carbonyl (C=O) groups is 1. The van der Waals surface area contributed by atoms with Crippen LogP contribution in [0, 0.1) is 11.3 Å². The van der Waals surface area contributed by atoms with E-state index in [0.717, 1.165) is 24.9 Å². The first kappa shape index (κ1) is 17.5.